The van der Waals surface area contributed by atoms with Crippen LogP contribution < -0.4 is 5.32 Å². The van der Waals surface area contributed by atoms with Gasteiger partial charge in [0.1, 0.15) is 0 Å². The van der Waals surface area contributed by atoms with Gasteiger partial charge in [-0.15, -0.1) is 0 Å². The molecule has 1 aromatic rings. The van der Waals surface area contributed by atoms with Gasteiger partial charge in [-0.3, -0.25) is 0 Å². The first-order valence-corrected chi connectivity index (χ1v) is 10.0. The normalized spacial score (nSPS) is 12.7. The molecule has 29 heavy (non-hydrogen) atoms. The molecule has 0 amide bonds. The van der Waals surface area contributed by atoms with Crippen LogP contribution in [0.4, 0.5) is 0 Å². The summed E-state index contributed by atoms with van der Waals surface area (Å²) in [5.74, 6) is -3.65. The van der Waals surface area contributed by atoms with Crippen molar-refractivity contribution in [2.75, 3.05) is 32.8 Å². The zero-order valence-corrected chi connectivity index (χ0v) is 17.7. The molecule has 2 unspecified atom stereocenters. The van der Waals surface area contributed by atoms with Gasteiger partial charge < -0.3 is 30.3 Å². The van der Waals surface area contributed by atoms with E-state index in [2.05, 4.69) is 31.0 Å². The Morgan fingerprint density at radius 1 is 1.10 bits per heavy atom. The van der Waals surface area contributed by atoms with Crippen molar-refractivity contribution in [2.24, 2.45) is 0 Å². The molecule has 0 aromatic heterocycles. The molecular formula is C21H36N2O6. The summed E-state index contributed by atoms with van der Waals surface area (Å²) in [5, 5.41) is 28.1. The van der Waals surface area contributed by atoms with Gasteiger partial charge in [-0.25, -0.2) is 9.59 Å². The molecule has 0 fully saturated rings. The van der Waals surface area contributed by atoms with Crippen molar-refractivity contribution >= 4 is 11.9 Å². The maximum atomic E-state index is 9.97. The highest BCUT2D eigenvalue weighted by atomic mass is 16.5. The zero-order valence-electron chi connectivity index (χ0n) is 17.7. The Hall–Kier alpha value is -2.00. The third kappa shape index (κ3) is 15.6. The van der Waals surface area contributed by atoms with E-state index in [9.17, 15) is 5.11 Å². The van der Waals surface area contributed by atoms with Crippen molar-refractivity contribution < 1.29 is 29.6 Å². The zero-order chi connectivity index (χ0) is 22.1. The lowest BCUT2D eigenvalue weighted by Gasteiger charge is -2.20. The summed E-state index contributed by atoms with van der Waals surface area (Å²) >= 11 is 0. The summed E-state index contributed by atoms with van der Waals surface area (Å²) in [6, 6.07) is 10.5. The molecule has 0 aliphatic carbocycles. The highest BCUT2D eigenvalue weighted by Gasteiger charge is 2.08. The van der Waals surface area contributed by atoms with Gasteiger partial charge >= 0.3 is 11.9 Å². The fourth-order valence-electron chi connectivity index (χ4n) is 2.55. The fourth-order valence-corrected chi connectivity index (χ4v) is 2.55. The summed E-state index contributed by atoms with van der Waals surface area (Å²) in [5.41, 5.74) is 1.14. The molecule has 1 rings (SSSR count). The Morgan fingerprint density at radius 2 is 1.69 bits per heavy atom. The topological polar surface area (TPSA) is 119 Å². The van der Waals surface area contributed by atoms with E-state index in [1.807, 2.05) is 30.3 Å². The molecule has 4 N–H and O–H groups in total. The van der Waals surface area contributed by atoms with Gasteiger partial charge in [0.15, 0.2) is 0 Å². The van der Waals surface area contributed by atoms with Crippen LogP contribution in [0, 0.1) is 0 Å². The monoisotopic (exact) mass is 412 g/mol. The summed E-state index contributed by atoms with van der Waals surface area (Å²) in [6.07, 6.45) is 1.87. The van der Waals surface area contributed by atoms with Gasteiger partial charge in [-0.2, -0.15) is 0 Å². The quantitative estimate of drug-likeness (QED) is 0.362. The smallest absolute Gasteiger partial charge is 0.414 e. The summed E-state index contributed by atoms with van der Waals surface area (Å²) in [7, 11) is 0. The van der Waals surface area contributed by atoms with Crippen molar-refractivity contribution in [1.29, 1.82) is 0 Å². The largest absolute Gasteiger partial charge is 0.473 e. The number of nitrogens with zero attached hydrogens (tertiary/aromatic N) is 1. The van der Waals surface area contributed by atoms with Crippen LogP contribution in [0.25, 0.3) is 0 Å². The molecule has 8 nitrogen and oxygen atoms in total. The first-order chi connectivity index (χ1) is 13.8. The summed E-state index contributed by atoms with van der Waals surface area (Å²) in [6.45, 7) is 11.5. The minimum absolute atomic E-state index is 0.369. The lowest BCUT2D eigenvalue weighted by molar-refractivity contribution is -0.159. The van der Waals surface area contributed by atoms with Crippen molar-refractivity contribution in [3.63, 3.8) is 0 Å². The molecule has 166 valence electrons. The number of carboxylic acids is 2. The third-order valence-electron chi connectivity index (χ3n) is 4.31. The van der Waals surface area contributed by atoms with E-state index in [0.29, 0.717) is 25.8 Å². The number of ether oxygens (including phenoxy) is 1. The van der Waals surface area contributed by atoms with Crippen LogP contribution in [0.15, 0.2) is 30.3 Å². The number of nitrogens with one attached hydrogen (secondary N) is 1. The van der Waals surface area contributed by atoms with Crippen LogP contribution >= 0.6 is 0 Å². The summed E-state index contributed by atoms with van der Waals surface area (Å²) < 4.78 is 5.56. The molecule has 0 aliphatic heterocycles. The van der Waals surface area contributed by atoms with Gasteiger partial charge in [-0.05, 0) is 45.0 Å². The molecule has 2 atom stereocenters. The van der Waals surface area contributed by atoms with E-state index in [1.165, 1.54) is 6.42 Å². The van der Waals surface area contributed by atoms with E-state index in [0.717, 1.165) is 31.6 Å². The lowest BCUT2D eigenvalue weighted by atomic mass is 10.1. The van der Waals surface area contributed by atoms with Crippen LogP contribution in [0.3, 0.4) is 0 Å². The van der Waals surface area contributed by atoms with E-state index in [-0.39, 0.29) is 0 Å². The second kappa shape index (κ2) is 16.9. The van der Waals surface area contributed by atoms with E-state index >= 15 is 0 Å². The van der Waals surface area contributed by atoms with Crippen LogP contribution in [0.2, 0.25) is 0 Å². The van der Waals surface area contributed by atoms with Crippen LogP contribution in [-0.2, 0) is 20.9 Å². The number of hydrogen-bond acceptors (Lipinski definition) is 6. The number of carbonyl (C=O) groups is 2. The molecule has 1 aromatic carbocycles. The molecule has 0 bridgehead atoms. The van der Waals surface area contributed by atoms with Gasteiger partial charge in [0.25, 0.3) is 0 Å². The molecular weight excluding hydrogens is 376 g/mol. The number of carboxylic acid groups (broad SMARTS) is 2. The number of aliphatic hydroxyl groups excluding tert-OH is 1. The van der Waals surface area contributed by atoms with Crippen molar-refractivity contribution in [2.45, 2.75) is 52.4 Å². The Morgan fingerprint density at radius 3 is 2.21 bits per heavy atom. The molecule has 0 aliphatic rings. The lowest BCUT2D eigenvalue weighted by Crippen LogP contribution is -2.36. The minimum Gasteiger partial charge on any atom is -0.473 e. The van der Waals surface area contributed by atoms with Crippen molar-refractivity contribution in [1.82, 2.24) is 10.2 Å². The number of aliphatic carboxylic acids is 2. The molecule has 0 saturated carbocycles. The summed E-state index contributed by atoms with van der Waals surface area (Å²) in [4.78, 5) is 20.6. The first kappa shape index (κ1) is 27.0. The van der Waals surface area contributed by atoms with E-state index < -0.39 is 18.0 Å². The Labute approximate surface area is 173 Å². The highest BCUT2D eigenvalue weighted by molar-refractivity contribution is 6.27. The van der Waals surface area contributed by atoms with Crippen molar-refractivity contribution in [3.05, 3.63) is 35.9 Å². The van der Waals surface area contributed by atoms with Crippen LogP contribution in [0.5, 0.6) is 0 Å². The first-order valence-electron chi connectivity index (χ1n) is 10.0. The van der Waals surface area contributed by atoms with E-state index in [1.54, 1.807) is 0 Å². The van der Waals surface area contributed by atoms with Crippen molar-refractivity contribution in [3.8, 4) is 0 Å². The number of rotatable bonds is 13. The van der Waals surface area contributed by atoms with Crippen LogP contribution in [0.1, 0.15) is 39.2 Å². The average molecular weight is 413 g/mol. The molecule has 0 saturated heterocycles. The number of benzene rings is 1. The third-order valence-corrected chi connectivity index (χ3v) is 4.31. The molecule has 8 heteroatoms. The second-order valence-electron chi connectivity index (χ2n) is 6.74. The predicted molar refractivity (Wildman–Crippen MR) is 112 cm³/mol. The number of aliphatic hydroxyl groups is 1. The SMILES string of the molecule is CCN(CC)CCCC(C)NCC(O)COCc1ccccc1.O=C(O)C(=O)O. The number of hydrogen-bond donors (Lipinski definition) is 4. The minimum atomic E-state index is -1.82. The molecule has 0 spiro atoms. The maximum Gasteiger partial charge on any atom is 0.414 e. The van der Waals surface area contributed by atoms with Crippen LogP contribution in [-0.4, -0.2) is 77.1 Å². The van der Waals surface area contributed by atoms with E-state index in [4.69, 9.17) is 24.5 Å². The van der Waals surface area contributed by atoms with Gasteiger partial charge in [0, 0.05) is 12.6 Å². The second-order valence-corrected chi connectivity index (χ2v) is 6.74. The Bertz CT molecular complexity index is 539. The highest BCUT2D eigenvalue weighted by Crippen LogP contribution is 2.02. The fraction of sp³-hybridized carbons (Fsp3) is 0.619. The molecule has 0 heterocycles. The Kier molecular flexibility index (Phi) is 15.7. The average Bonchev–Trinajstić information content (AvgIpc) is 2.71. The van der Waals surface area contributed by atoms with Gasteiger partial charge in [0.05, 0.1) is 19.3 Å². The van der Waals surface area contributed by atoms with Gasteiger partial charge in [-0.1, -0.05) is 44.2 Å². The molecule has 0 radical (unpaired) electrons. The standard InChI is InChI=1S/C19H34N2O2.C2H2O4/c1-4-21(5-2)13-9-10-17(3)20-14-19(22)16-23-15-18-11-7-6-8-12-18;3-1(4)2(5)6/h6-8,11-12,17,19-20,22H,4-5,9-10,13-16H2,1-3H3;(H,3,4)(H,5,6). The maximum absolute atomic E-state index is 9.97. The van der Waals surface area contributed by atoms with Gasteiger partial charge in [0.2, 0.25) is 0 Å². The Balaban J connectivity index is 0.00000113. The predicted octanol–water partition coefficient (Wildman–Crippen LogP) is 1.82.